The number of methoxy groups -OCH3 is 1. The Morgan fingerprint density at radius 1 is 1.26 bits per heavy atom. The van der Waals surface area contributed by atoms with Crippen molar-refractivity contribution in [3.8, 4) is 5.75 Å². The Morgan fingerprint density at radius 2 is 1.79 bits per heavy atom. The van der Waals surface area contributed by atoms with Gasteiger partial charge in [0.1, 0.15) is 5.75 Å². The van der Waals surface area contributed by atoms with Crippen LogP contribution in [-0.2, 0) is 0 Å². The lowest BCUT2D eigenvalue weighted by atomic mass is 9.92. The second-order valence-electron chi connectivity index (χ2n) is 5.85. The Hall–Kier alpha value is -1.06. The smallest absolute Gasteiger partial charge is 0.118 e. The molecule has 2 atom stereocenters. The van der Waals surface area contributed by atoms with Gasteiger partial charge >= 0.3 is 0 Å². The summed E-state index contributed by atoms with van der Waals surface area (Å²) < 4.78 is 5.21. The molecule has 0 saturated heterocycles. The summed E-state index contributed by atoms with van der Waals surface area (Å²) in [5, 5.41) is 0. The van der Waals surface area contributed by atoms with E-state index in [1.807, 2.05) is 12.1 Å². The Kier molecular flexibility index (Phi) is 5.39. The molecule has 19 heavy (non-hydrogen) atoms. The summed E-state index contributed by atoms with van der Waals surface area (Å²) in [4.78, 5) is 2.37. The summed E-state index contributed by atoms with van der Waals surface area (Å²) in [6.45, 7) is 8.79. The fourth-order valence-electron chi connectivity index (χ4n) is 2.31. The fourth-order valence-corrected chi connectivity index (χ4v) is 2.31. The third kappa shape index (κ3) is 3.71. The lowest BCUT2D eigenvalue weighted by Gasteiger charge is -2.42. The number of rotatable bonds is 6. The SMILES string of the molecule is CCC(C)(C)N(C)C(c1ccc(OC)cc1)C(C)N. The molecule has 0 radical (unpaired) electrons. The summed E-state index contributed by atoms with van der Waals surface area (Å²) in [6, 6.07) is 8.49. The molecule has 0 fully saturated rings. The molecule has 0 aliphatic heterocycles. The number of hydrogen-bond acceptors (Lipinski definition) is 3. The molecule has 0 aliphatic carbocycles. The van der Waals surface area contributed by atoms with Gasteiger partial charge in [0.05, 0.1) is 7.11 Å². The molecule has 1 aromatic rings. The van der Waals surface area contributed by atoms with Crippen molar-refractivity contribution in [3.05, 3.63) is 29.8 Å². The van der Waals surface area contributed by atoms with Crippen molar-refractivity contribution in [3.63, 3.8) is 0 Å². The predicted octanol–water partition coefficient (Wildman–Crippen LogP) is 3.20. The molecule has 3 nitrogen and oxygen atoms in total. The summed E-state index contributed by atoms with van der Waals surface area (Å²) >= 11 is 0. The van der Waals surface area contributed by atoms with Crippen LogP contribution in [0.5, 0.6) is 5.75 Å². The van der Waals surface area contributed by atoms with E-state index in [0.717, 1.165) is 12.2 Å². The molecule has 0 bridgehead atoms. The van der Waals surface area contributed by atoms with E-state index in [4.69, 9.17) is 10.5 Å². The van der Waals surface area contributed by atoms with E-state index in [9.17, 15) is 0 Å². The Bertz CT molecular complexity index is 384. The van der Waals surface area contributed by atoms with Gasteiger partial charge in [-0.3, -0.25) is 4.90 Å². The third-order valence-electron chi connectivity index (χ3n) is 4.19. The first kappa shape index (κ1) is 16.0. The van der Waals surface area contributed by atoms with Gasteiger partial charge in [-0.15, -0.1) is 0 Å². The van der Waals surface area contributed by atoms with Crippen LogP contribution in [0.1, 0.15) is 45.7 Å². The fraction of sp³-hybridized carbons (Fsp3) is 0.625. The number of nitrogens with two attached hydrogens (primary N) is 1. The average Bonchev–Trinajstić information content (AvgIpc) is 2.39. The van der Waals surface area contributed by atoms with Crippen LogP contribution in [0, 0.1) is 0 Å². The van der Waals surface area contributed by atoms with Crippen molar-refractivity contribution in [1.82, 2.24) is 4.90 Å². The minimum Gasteiger partial charge on any atom is -0.497 e. The topological polar surface area (TPSA) is 38.5 Å². The highest BCUT2D eigenvalue weighted by Gasteiger charge is 2.31. The molecule has 2 unspecified atom stereocenters. The standard InChI is InChI=1S/C16H28N2O/c1-7-16(3,4)18(5)15(12(2)17)13-8-10-14(19-6)11-9-13/h8-12,15H,7,17H2,1-6H3. The highest BCUT2D eigenvalue weighted by Crippen LogP contribution is 2.31. The summed E-state index contributed by atoms with van der Waals surface area (Å²) in [5.41, 5.74) is 7.58. The van der Waals surface area contributed by atoms with Crippen molar-refractivity contribution >= 4 is 0 Å². The monoisotopic (exact) mass is 264 g/mol. The van der Waals surface area contributed by atoms with E-state index in [2.05, 4.69) is 51.8 Å². The Balaban J connectivity index is 3.06. The number of ether oxygens (including phenoxy) is 1. The van der Waals surface area contributed by atoms with Gasteiger partial charge < -0.3 is 10.5 Å². The van der Waals surface area contributed by atoms with Crippen molar-refractivity contribution in [1.29, 1.82) is 0 Å². The van der Waals surface area contributed by atoms with Gasteiger partial charge in [-0.1, -0.05) is 19.1 Å². The third-order valence-corrected chi connectivity index (χ3v) is 4.19. The highest BCUT2D eigenvalue weighted by molar-refractivity contribution is 5.30. The molecule has 0 saturated carbocycles. The van der Waals surface area contributed by atoms with Crippen LogP contribution in [0.2, 0.25) is 0 Å². The van der Waals surface area contributed by atoms with Crippen LogP contribution >= 0.6 is 0 Å². The first-order chi connectivity index (χ1) is 8.83. The second-order valence-corrected chi connectivity index (χ2v) is 5.85. The lowest BCUT2D eigenvalue weighted by Crippen LogP contribution is -2.48. The molecule has 108 valence electrons. The minimum absolute atomic E-state index is 0.0734. The molecule has 0 aromatic heterocycles. The van der Waals surface area contributed by atoms with Crippen molar-refractivity contribution in [2.24, 2.45) is 5.73 Å². The van der Waals surface area contributed by atoms with Gasteiger partial charge in [-0.2, -0.15) is 0 Å². The molecule has 2 N–H and O–H groups in total. The zero-order chi connectivity index (χ0) is 14.6. The number of benzene rings is 1. The molecule has 3 heteroatoms. The van der Waals surface area contributed by atoms with Crippen LogP contribution < -0.4 is 10.5 Å². The second kappa shape index (κ2) is 6.40. The van der Waals surface area contributed by atoms with E-state index < -0.39 is 0 Å². The van der Waals surface area contributed by atoms with Crippen molar-refractivity contribution in [2.45, 2.75) is 51.7 Å². The van der Waals surface area contributed by atoms with Crippen LogP contribution in [0.25, 0.3) is 0 Å². The molecular formula is C16H28N2O. The quantitative estimate of drug-likeness (QED) is 0.857. The van der Waals surface area contributed by atoms with Gasteiger partial charge in [-0.05, 0) is 51.9 Å². The van der Waals surface area contributed by atoms with Gasteiger partial charge in [-0.25, -0.2) is 0 Å². The molecule has 0 spiro atoms. The van der Waals surface area contributed by atoms with E-state index >= 15 is 0 Å². The number of hydrogen-bond donors (Lipinski definition) is 1. The van der Waals surface area contributed by atoms with Crippen molar-refractivity contribution < 1.29 is 4.74 Å². The first-order valence-corrected chi connectivity index (χ1v) is 6.96. The highest BCUT2D eigenvalue weighted by atomic mass is 16.5. The van der Waals surface area contributed by atoms with E-state index in [-0.39, 0.29) is 17.6 Å². The maximum atomic E-state index is 6.22. The van der Waals surface area contributed by atoms with E-state index in [0.29, 0.717) is 0 Å². The molecular weight excluding hydrogens is 236 g/mol. The van der Waals surface area contributed by atoms with Gasteiger partial charge in [0.15, 0.2) is 0 Å². The molecule has 0 amide bonds. The van der Waals surface area contributed by atoms with E-state index in [1.54, 1.807) is 7.11 Å². The normalized spacial score (nSPS) is 15.4. The summed E-state index contributed by atoms with van der Waals surface area (Å²) in [7, 11) is 3.84. The number of likely N-dealkylation sites (N-methyl/N-ethyl adjacent to an activating group) is 1. The Labute approximate surface area is 117 Å². The van der Waals surface area contributed by atoms with Crippen LogP contribution in [0.15, 0.2) is 24.3 Å². The maximum absolute atomic E-state index is 6.22. The maximum Gasteiger partial charge on any atom is 0.118 e. The summed E-state index contributed by atoms with van der Waals surface area (Å²) in [6.07, 6.45) is 1.09. The Morgan fingerprint density at radius 3 is 2.16 bits per heavy atom. The van der Waals surface area contributed by atoms with Crippen LogP contribution in [-0.4, -0.2) is 30.6 Å². The van der Waals surface area contributed by atoms with Crippen molar-refractivity contribution in [2.75, 3.05) is 14.2 Å². The minimum atomic E-state index is 0.0734. The first-order valence-electron chi connectivity index (χ1n) is 6.96. The molecule has 0 aliphatic rings. The van der Waals surface area contributed by atoms with Crippen LogP contribution in [0.3, 0.4) is 0 Å². The average molecular weight is 264 g/mol. The molecule has 1 rings (SSSR count). The van der Waals surface area contributed by atoms with Gasteiger partial charge in [0.25, 0.3) is 0 Å². The summed E-state index contributed by atoms with van der Waals surface area (Å²) in [5.74, 6) is 0.879. The van der Waals surface area contributed by atoms with Gasteiger partial charge in [0, 0.05) is 17.6 Å². The largest absolute Gasteiger partial charge is 0.497 e. The zero-order valence-corrected chi connectivity index (χ0v) is 13.1. The van der Waals surface area contributed by atoms with Crippen LogP contribution in [0.4, 0.5) is 0 Å². The molecule has 1 aromatic carbocycles. The predicted molar refractivity (Wildman–Crippen MR) is 81.5 cm³/mol. The lowest BCUT2D eigenvalue weighted by molar-refractivity contribution is 0.0847. The zero-order valence-electron chi connectivity index (χ0n) is 13.1. The number of nitrogens with zero attached hydrogens (tertiary/aromatic N) is 1. The molecule has 0 heterocycles. The van der Waals surface area contributed by atoms with Gasteiger partial charge in [0.2, 0.25) is 0 Å². The van der Waals surface area contributed by atoms with E-state index in [1.165, 1.54) is 5.56 Å².